The first kappa shape index (κ1) is 15.4. The summed E-state index contributed by atoms with van der Waals surface area (Å²) in [6, 6.07) is 1.25. The molecule has 3 atom stereocenters. The van der Waals surface area contributed by atoms with Gasteiger partial charge in [-0.25, -0.2) is 0 Å². The summed E-state index contributed by atoms with van der Waals surface area (Å²) >= 11 is 0. The smallest absolute Gasteiger partial charge is 0.0623 e. The van der Waals surface area contributed by atoms with Crippen molar-refractivity contribution < 1.29 is 4.74 Å². The Morgan fingerprint density at radius 1 is 1.09 bits per heavy atom. The van der Waals surface area contributed by atoms with Crippen LogP contribution in [0.5, 0.6) is 0 Å². The van der Waals surface area contributed by atoms with Crippen molar-refractivity contribution in [2.24, 2.45) is 11.3 Å². The van der Waals surface area contributed by atoms with Gasteiger partial charge in [-0.15, -0.1) is 0 Å². The zero-order valence-electron chi connectivity index (χ0n) is 14.5. The van der Waals surface area contributed by atoms with Gasteiger partial charge in [-0.1, -0.05) is 0 Å². The maximum Gasteiger partial charge on any atom is 0.0623 e. The summed E-state index contributed by atoms with van der Waals surface area (Å²) in [6.45, 7) is 8.59. The molecule has 0 radical (unpaired) electrons. The maximum absolute atomic E-state index is 5.91. The second kappa shape index (κ2) is 6.04. The lowest BCUT2D eigenvalue weighted by molar-refractivity contribution is -0.0204. The van der Waals surface area contributed by atoms with Gasteiger partial charge in [-0.2, -0.15) is 0 Å². The standard InChI is InChI=1S/C18H33N3O/c1-19(2)16-9-17(12-22-11-16)21-8-6-18(14-21)5-7-20(13-18)10-15-3-4-15/h15-17H,3-14H2,1-2H3. The predicted molar refractivity (Wildman–Crippen MR) is 89.1 cm³/mol. The molecule has 1 aliphatic carbocycles. The van der Waals surface area contributed by atoms with Crippen LogP contribution in [0.25, 0.3) is 0 Å². The van der Waals surface area contributed by atoms with Gasteiger partial charge < -0.3 is 14.5 Å². The summed E-state index contributed by atoms with van der Waals surface area (Å²) in [6.07, 6.45) is 7.11. The minimum Gasteiger partial charge on any atom is -0.378 e. The average molecular weight is 307 g/mol. The summed E-state index contributed by atoms with van der Waals surface area (Å²) in [5, 5.41) is 0. The molecule has 1 spiro atoms. The summed E-state index contributed by atoms with van der Waals surface area (Å²) in [5.74, 6) is 1.04. The average Bonchev–Trinajstić information content (AvgIpc) is 3.10. The third-order valence-electron chi connectivity index (χ3n) is 6.61. The van der Waals surface area contributed by atoms with E-state index < -0.39 is 0 Å². The van der Waals surface area contributed by atoms with Crippen molar-refractivity contribution in [3.8, 4) is 0 Å². The van der Waals surface area contributed by atoms with Gasteiger partial charge in [0.15, 0.2) is 0 Å². The normalized spacial score (nSPS) is 41.0. The number of ether oxygens (including phenoxy) is 1. The Bertz CT molecular complexity index is 398. The zero-order chi connectivity index (χ0) is 15.2. The Balaban J connectivity index is 1.32. The van der Waals surface area contributed by atoms with Gasteiger partial charge in [0.05, 0.1) is 13.2 Å². The zero-order valence-corrected chi connectivity index (χ0v) is 14.5. The summed E-state index contributed by atoms with van der Waals surface area (Å²) in [4.78, 5) is 7.86. The van der Waals surface area contributed by atoms with Crippen LogP contribution in [0.3, 0.4) is 0 Å². The molecule has 22 heavy (non-hydrogen) atoms. The van der Waals surface area contributed by atoms with Gasteiger partial charge in [0, 0.05) is 31.7 Å². The van der Waals surface area contributed by atoms with Crippen LogP contribution in [-0.2, 0) is 4.74 Å². The van der Waals surface area contributed by atoms with E-state index in [1.165, 1.54) is 64.8 Å². The van der Waals surface area contributed by atoms with E-state index in [-0.39, 0.29) is 0 Å². The Hall–Kier alpha value is -0.160. The molecule has 0 bridgehead atoms. The van der Waals surface area contributed by atoms with Crippen LogP contribution in [0.1, 0.15) is 32.1 Å². The molecule has 4 fully saturated rings. The van der Waals surface area contributed by atoms with Crippen LogP contribution in [-0.4, -0.2) is 86.8 Å². The van der Waals surface area contributed by atoms with Gasteiger partial charge >= 0.3 is 0 Å². The van der Waals surface area contributed by atoms with Crippen molar-refractivity contribution >= 4 is 0 Å². The topological polar surface area (TPSA) is 19.0 Å². The molecule has 1 saturated carbocycles. The summed E-state index contributed by atoms with van der Waals surface area (Å²) in [7, 11) is 4.38. The maximum atomic E-state index is 5.91. The molecule has 3 saturated heterocycles. The highest BCUT2D eigenvalue weighted by atomic mass is 16.5. The van der Waals surface area contributed by atoms with E-state index in [1.54, 1.807) is 0 Å². The van der Waals surface area contributed by atoms with Gasteiger partial charge in [0.1, 0.15) is 0 Å². The second-order valence-electron chi connectivity index (χ2n) is 8.69. The lowest BCUT2D eigenvalue weighted by atomic mass is 9.86. The van der Waals surface area contributed by atoms with Gasteiger partial charge in [0.25, 0.3) is 0 Å². The van der Waals surface area contributed by atoms with E-state index in [0.717, 1.165) is 19.1 Å². The van der Waals surface area contributed by atoms with Crippen LogP contribution >= 0.6 is 0 Å². The number of likely N-dealkylation sites (N-methyl/N-ethyl adjacent to an activating group) is 1. The van der Waals surface area contributed by atoms with E-state index in [0.29, 0.717) is 17.5 Å². The summed E-state index contributed by atoms with van der Waals surface area (Å²) < 4.78 is 5.91. The Labute approximate surface area is 135 Å². The van der Waals surface area contributed by atoms with Crippen molar-refractivity contribution in [1.82, 2.24) is 14.7 Å². The minimum absolute atomic E-state index is 0.602. The molecule has 0 amide bonds. The van der Waals surface area contributed by atoms with Gasteiger partial charge in [-0.05, 0) is 70.6 Å². The van der Waals surface area contributed by atoms with E-state index >= 15 is 0 Å². The Morgan fingerprint density at radius 3 is 2.68 bits per heavy atom. The SMILES string of the molecule is CN(C)C1COCC(N2CCC3(CCN(CC4CC4)C3)C2)C1. The number of hydrogen-bond acceptors (Lipinski definition) is 4. The molecule has 126 valence electrons. The van der Waals surface area contributed by atoms with Crippen LogP contribution in [0, 0.1) is 11.3 Å². The number of nitrogens with zero attached hydrogens (tertiary/aromatic N) is 3. The lowest BCUT2D eigenvalue weighted by Crippen LogP contribution is -2.49. The highest BCUT2D eigenvalue weighted by molar-refractivity contribution is 5.00. The number of likely N-dealkylation sites (tertiary alicyclic amines) is 2. The molecule has 3 aliphatic heterocycles. The molecule has 0 aromatic carbocycles. The van der Waals surface area contributed by atoms with Crippen LogP contribution in [0.15, 0.2) is 0 Å². The lowest BCUT2D eigenvalue weighted by Gasteiger charge is -2.38. The summed E-state index contributed by atoms with van der Waals surface area (Å²) in [5.41, 5.74) is 0.611. The van der Waals surface area contributed by atoms with Crippen molar-refractivity contribution in [1.29, 1.82) is 0 Å². The quantitative estimate of drug-likeness (QED) is 0.784. The molecular weight excluding hydrogens is 274 g/mol. The fraction of sp³-hybridized carbons (Fsp3) is 1.00. The van der Waals surface area contributed by atoms with Crippen molar-refractivity contribution in [2.75, 3.05) is 60.0 Å². The fourth-order valence-corrected chi connectivity index (χ4v) is 4.87. The predicted octanol–water partition coefficient (Wildman–Crippen LogP) is 1.51. The van der Waals surface area contributed by atoms with Gasteiger partial charge in [-0.3, -0.25) is 4.90 Å². The minimum atomic E-state index is 0.602. The third kappa shape index (κ3) is 3.21. The first-order valence-electron chi connectivity index (χ1n) is 9.34. The fourth-order valence-electron chi connectivity index (χ4n) is 4.87. The van der Waals surface area contributed by atoms with Crippen LogP contribution in [0.2, 0.25) is 0 Å². The Morgan fingerprint density at radius 2 is 1.91 bits per heavy atom. The molecule has 4 heteroatoms. The monoisotopic (exact) mass is 307 g/mol. The molecule has 0 aromatic heterocycles. The first-order valence-corrected chi connectivity index (χ1v) is 9.34. The Kier molecular flexibility index (Phi) is 4.22. The van der Waals surface area contributed by atoms with Crippen LogP contribution < -0.4 is 0 Å². The first-order chi connectivity index (χ1) is 10.6. The molecule has 4 rings (SSSR count). The van der Waals surface area contributed by atoms with Crippen LogP contribution in [0.4, 0.5) is 0 Å². The van der Waals surface area contributed by atoms with Crippen molar-refractivity contribution in [3.63, 3.8) is 0 Å². The molecule has 4 aliphatic rings. The van der Waals surface area contributed by atoms with Gasteiger partial charge in [0.2, 0.25) is 0 Å². The number of rotatable bonds is 4. The highest BCUT2D eigenvalue weighted by Crippen LogP contribution is 2.42. The molecule has 0 aromatic rings. The van der Waals surface area contributed by atoms with Crippen molar-refractivity contribution in [2.45, 2.75) is 44.2 Å². The van der Waals surface area contributed by atoms with Crippen molar-refractivity contribution in [3.05, 3.63) is 0 Å². The van der Waals surface area contributed by atoms with E-state index in [4.69, 9.17) is 4.74 Å². The third-order valence-corrected chi connectivity index (χ3v) is 6.61. The molecular formula is C18H33N3O. The van der Waals surface area contributed by atoms with E-state index in [2.05, 4.69) is 28.8 Å². The molecule has 3 unspecified atom stereocenters. The number of hydrogen-bond donors (Lipinski definition) is 0. The van der Waals surface area contributed by atoms with E-state index in [9.17, 15) is 0 Å². The largest absolute Gasteiger partial charge is 0.378 e. The second-order valence-corrected chi connectivity index (χ2v) is 8.69. The van der Waals surface area contributed by atoms with E-state index in [1.807, 2.05) is 0 Å². The molecule has 4 nitrogen and oxygen atoms in total. The molecule has 3 heterocycles. The highest BCUT2D eigenvalue weighted by Gasteiger charge is 2.46. The molecule has 0 N–H and O–H groups in total.